The molecule has 1 aromatic heterocycles. The van der Waals surface area contributed by atoms with E-state index in [0.29, 0.717) is 11.7 Å². The van der Waals surface area contributed by atoms with E-state index >= 15 is 0 Å². The average molecular weight is 350 g/mol. The molecule has 0 radical (unpaired) electrons. The number of aromatic nitrogens is 2. The standard InChI is InChI=1S/C18H23N3O2.ClH/c1-13(11-14-7-3-4-8-15(14)22-2)12-16-20-17(21-23-16)18(19)9-5-6-10-18;/h3-4,7-8,12H,5-6,9-11,19H2,1-2H3;1H/b13-12+;. The highest BCUT2D eigenvalue weighted by Crippen LogP contribution is 2.34. The minimum atomic E-state index is -0.411. The minimum Gasteiger partial charge on any atom is -0.496 e. The first-order valence-electron chi connectivity index (χ1n) is 8.03. The van der Waals surface area contributed by atoms with Crippen LogP contribution in [0.4, 0.5) is 0 Å². The quantitative estimate of drug-likeness (QED) is 0.886. The lowest BCUT2D eigenvalue weighted by Crippen LogP contribution is -2.34. The molecule has 24 heavy (non-hydrogen) atoms. The molecule has 1 aromatic carbocycles. The van der Waals surface area contributed by atoms with Gasteiger partial charge in [-0.15, -0.1) is 12.4 Å². The summed E-state index contributed by atoms with van der Waals surface area (Å²) in [5, 5.41) is 4.08. The number of hydrogen-bond acceptors (Lipinski definition) is 5. The van der Waals surface area contributed by atoms with Gasteiger partial charge in [-0.3, -0.25) is 0 Å². The van der Waals surface area contributed by atoms with Crippen LogP contribution in [0.5, 0.6) is 5.75 Å². The Kier molecular flexibility index (Phi) is 6.02. The number of para-hydroxylation sites is 1. The molecule has 0 unspecified atom stereocenters. The summed E-state index contributed by atoms with van der Waals surface area (Å²) in [7, 11) is 1.68. The molecule has 0 saturated heterocycles. The van der Waals surface area contributed by atoms with Gasteiger partial charge >= 0.3 is 0 Å². The summed E-state index contributed by atoms with van der Waals surface area (Å²) < 4.78 is 10.7. The second kappa shape index (κ2) is 7.81. The zero-order chi connectivity index (χ0) is 16.3. The van der Waals surface area contributed by atoms with Crippen LogP contribution in [-0.4, -0.2) is 17.3 Å². The summed E-state index contributed by atoms with van der Waals surface area (Å²) in [6.45, 7) is 2.05. The fourth-order valence-electron chi connectivity index (χ4n) is 3.14. The van der Waals surface area contributed by atoms with Gasteiger partial charge in [0.1, 0.15) is 5.75 Å². The zero-order valence-electron chi connectivity index (χ0n) is 14.1. The highest BCUT2D eigenvalue weighted by atomic mass is 35.5. The van der Waals surface area contributed by atoms with Crippen LogP contribution in [-0.2, 0) is 12.0 Å². The Morgan fingerprint density at radius 1 is 1.33 bits per heavy atom. The average Bonchev–Trinajstić information content (AvgIpc) is 3.18. The first-order chi connectivity index (χ1) is 11.1. The second-order valence-corrected chi connectivity index (χ2v) is 6.30. The van der Waals surface area contributed by atoms with Crippen LogP contribution in [0.25, 0.3) is 6.08 Å². The summed E-state index contributed by atoms with van der Waals surface area (Å²) in [6, 6.07) is 8.00. The maximum absolute atomic E-state index is 6.36. The molecule has 130 valence electrons. The zero-order valence-corrected chi connectivity index (χ0v) is 14.9. The summed E-state index contributed by atoms with van der Waals surface area (Å²) >= 11 is 0. The molecule has 1 aliphatic rings. The number of nitrogens with two attached hydrogens (primary N) is 1. The fourth-order valence-corrected chi connectivity index (χ4v) is 3.14. The van der Waals surface area contributed by atoms with Crippen molar-refractivity contribution in [1.82, 2.24) is 10.1 Å². The minimum absolute atomic E-state index is 0. The Morgan fingerprint density at radius 3 is 2.75 bits per heavy atom. The molecular weight excluding hydrogens is 326 g/mol. The largest absolute Gasteiger partial charge is 0.496 e. The van der Waals surface area contributed by atoms with Crippen LogP contribution in [0.1, 0.15) is 49.9 Å². The molecule has 0 aliphatic heterocycles. The number of hydrogen-bond donors (Lipinski definition) is 1. The van der Waals surface area contributed by atoms with E-state index in [1.165, 1.54) is 0 Å². The number of methoxy groups -OCH3 is 1. The van der Waals surface area contributed by atoms with Gasteiger partial charge in [-0.2, -0.15) is 4.98 Å². The normalized spacial score (nSPS) is 16.7. The van der Waals surface area contributed by atoms with E-state index in [2.05, 4.69) is 16.2 Å². The van der Waals surface area contributed by atoms with E-state index in [1.54, 1.807) is 7.11 Å². The number of halogens is 1. The molecule has 0 bridgehead atoms. The Morgan fingerprint density at radius 2 is 2.04 bits per heavy atom. The van der Waals surface area contributed by atoms with Crippen LogP contribution in [0.2, 0.25) is 0 Å². The van der Waals surface area contributed by atoms with Gasteiger partial charge in [0.15, 0.2) is 5.82 Å². The molecule has 5 nitrogen and oxygen atoms in total. The molecule has 2 N–H and O–H groups in total. The van der Waals surface area contributed by atoms with Crippen molar-refractivity contribution in [3.63, 3.8) is 0 Å². The molecule has 3 rings (SSSR count). The highest BCUT2D eigenvalue weighted by Gasteiger charge is 2.35. The molecule has 1 heterocycles. The third-order valence-electron chi connectivity index (χ3n) is 4.41. The van der Waals surface area contributed by atoms with Crippen LogP contribution in [0.3, 0.4) is 0 Å². The van der Waals surface area contributed by atoms with Crippen molar-refractivity contribution in [2.24, 2.45) is 5.73 Å². The van der Waals surface area contributed by atoms with Crippen LogP contribution < -0.4 is 10.5 Å². The summed E-state index contributed by atoms with van der Waals surface area (Å²) in [6.07, 6.45) is 6.80. The number of benzene rings is 1. The van der Waals surface area contributed by atoms with Crippen LogP contribution in [0, 0.1) is 0 Å². The van der Waals surface area contributed by atoms with Crippen LogP contribution in [0.15, 0.2) is 34.4 Å². The summed E-state index contributed by atoms with van der Waals surface area (Å²) in [5.41, 5.74) is 8.21. The maximum atomic E-state index is 6.36. The SMILES string of the molecule is COc1ccccc1C/C(C)=C/c1nc(C2(N)CCCC2)no1.Cl. The van der Waals surface area contributed by atoms with Crippen molar-refractivity contribution in [2.75, 3.05) is 7.11 Å². The molecule has 2 aromatic rings. The van der Waals surface area contributed by atoms with Crippen LogP contribution >= 0.6 is 12.4 Å². The first-order valence-corrected chi connectivity index (χ1v) is 8.03. The van der Waals surface area contributed by atoms with E-state index in [4.69, 9.17) is 15.0 Å². The maximum Gasteiger partial charge on any atom is 0.250 e. The highest BCUT2D eigenvalue weighted by molar-refractivity contribution is 5.85. The predicted molar refractivity (Wildman–Crippen MR) is 96.2 cm³/mol. The van der Waals surface area contributed by atoms with E-state index in [1.807, 2.05) is 31.2 Å². The van der Waals surface area contributed by atoms with Crippen molar-refractivity contribution < 1.29 is 9.26 Å². The molecular formula is C18H24ClN3O2. The van der Waals surface area contributed by atoms with Gasteiger partial charge in [0.2, 0.25) is 0 Å². The third-order valence-corrected chi connectivity index (χ3v) is 4.41. The number of ether oxygens (including phenoxy) is 1. The Balaban J connectivity index is 0.00000208. The van der Waals surface area contributed by atoms with E-state index in [-0.39, 0.29) is 12.4 Å². The molecule has 0 amide bonds. The lowest BCUT2D eigenvalue weighted by Gasteiger charge is -2.17. The monoisotopic (exact) mass is 349 g/mol. The lowest BCUT2D eigenvalue weighted by atomic mass is 9.99. The topological polar surface area (TPSA) is 74.2 Å². The smallest absolute Gasteiger partial charge is 0.250 e. The Hall–Kier alpha value is -1.85. The lowest BCUT2D eigenvalue weighted by molar-refractivity contribution is 0.364. The number of nitrogens with zero attached hydrogens (tertiary/aromatic N) is 2. The summed E-state index contributed by atoms with van der Waals surface area (Å²) in [4.78, 5) is 4.48. The van der Waals surface area contributed by atoms with Gasteiger partial charge in [-0.25, -0.2) is 0 Å². The van der Waals surface area contributed by atoms with Crippen molar-refractivity contribution in [3.05, 3.63) is 47.1 Å². The molecule has 0 atom stereocenters. The molecule has 6 heteroatoms. The van der Waals surface area contributed by atoms with E-state index in [9.17, 15) is 0 Å². The molecule has 0 spiro atoms. The van der Waals surface area contributed by atoms with Gasteiger partial charge < -0.3 is 15.0 Å². The number of rotatable bonds is 5. The fraction of sp³-hybridized carbons (Fsp3) is 0.444. The molecule has 1 aliphatic carbocycles. The molecule has 1 fully saturated rings. The summed E-state index contributed by atoms with van der Waals surface area (Å²) in [5.74, 6) is 2.04. The van der Waals surface area contributed by atoms with Gasteiger partial charge in [0.25, 0.3) is 5.89 Å². The Labute approximate surface area is 148 Å². The predicted octanol–water partition coefficient (Wildman–Crippen LogP) is 3.87. The molecule has 1 saturated carbocycles. The first kappa shape index (κ1) is 18.5. The van der Waals surface area contributed by atoms with Crippen molar-refractivity contribution >= 4 is 18.5 Å². The van der Waals surface area contributed by atoms with Gasteiger partial charge in [0.05, 0.1) is 12.6 Å². The van der Waals surface area contributed by atoms with Gasteiger partial charge in [-0.1, -0.05) is 41.8 Å². The van der Waals surface area contributed by atoms with Crippen molar-refractivity contribution in [3.8, 4) is 5.75 Å². The number of allylic oxidation sites excluding steroid dienone is 1. The van der Waals surface area contributed by atoms with Gasteiger partial charge in [0, 0.05) is 6.08 Å². The van der Waals surface area contributed by atoms with Crippen molar-refractivity contribution in [2.45, 2.75) is 44.6 Å². The van der Waals surface area contributed by atoms with Crippen molar-refractivity contribution in [1.29, 1.82) is 0 Å². The Bertz CT molecular complexity index is 706. The third kappa shape index (κ3) is 3.97. The van der Waals surface area contributed by atoms with E-state index in [0.717, 1.165) is 49.0 Å². The van der Waals surface area contributed by atoms with Gasteiger partial charge in [-0.05, 0) is 37.8 Å². The second-order valence-electron chi connectivity index (χ2n) is 6.30. The van der Waals surface area contributed by atoms with E-state index < -0.39 is 5.54 Å².